The Labute approximate surface area is 178 Å². The highest BCUT2D eigenvalue weighted by atomic mass is 16.1. The van der Waals surface area contributed by atoms with Gasteiger partial charge in [0.1, 0.15) is 5.84 Å². The minimum absolute atomic E-state index is 0.0293. The van der Waals surface area contributed by atoms with E-state index in [1.54, 1.807) is 6.20 Å². The van der Waals surface area contributed by atoms with Crippen LogP contribution >= 0.6 is 0 Å². The third kappa shape index (κ3) is 4.89. The summed E-state index contributed by atoms with van der Waals surface area (Å²) in [5.74, 6) is 0.547. The van der Waals surface area contributed by atoms with Crippen molar-refractivity contribution in [1.82, 2.24) is 10.2 Å². The first-order valence-electron chi connectivity index (χ1n) is 10.7. The van der Waals surface area contributed by atoms with Crippen LogP contribution in [0, 0.1) is 0 Å². The Kier molecular flexibility index (Phi) is 6.44. The molecule has 0 unspecified atom stereocenters. The molecule has 3 N–H and O–H groups in total. The third-order valence-electron chi connectivity index (χ3n) is 5.64. The zero-order valence-electron chi connectivity index (χ0n) is 17.3. The van der Waals surface area contributed by atoms with Crippen LogP contribution in [0.5, 0.6) is 0 Å². The summed E-state index contributed by atoms with van der Waals surface area (Å²) in [6, 6.07) is 17.8. The largest absolute Gasteiger partial charge is 0.386 e. The average Bonchev–Trinajstić information content (AvgIpc) is 2.80. The van der Waals surface area contributed by atoms with E-state index in [9.17, 15) is 4.79 Å². The second-order valence-corrected chi connectivity index (χ2v) is 7.79. The van der Waals surface area contributed by atoms with Crippen LogP contribution < -0.4 is 16.0 Å². The molecule has 30 heavy (non-hydrogen) atoms. The van der Waals surface area contributed by atoms with Gasteiger partial charge in [0, 0.05) is 24.3 Å². The maximum absolute atomic E-state index is 12.5. The van der Waals surface area contributed by atoms with Crippen LogP contribution in [0.1, 0.15) is 35.2 Å². The van der Waals surface area contributed by atoms with Gasteiger partial charge in [-0.15, -0.1) is 0 Å². The number of nitrogens with two attached hydrogens (primary N) is 1. The van der Waals surface area contributed by atoms with Crippen LogP contribution in [0.15, 0.2) is 65.8 Å². The van der Waals surface area contributed by atoms with Crippen molar-refractivity contribution in [2.45, 2.75) is 19.3 Å². The van der Waals surface area contributed by atoms with E-state index in [1.807, 2.05) is 42.5 Å². The van der Waals surface area contributed by atoms with E-state index in [0.29, 0.717) is 24.5 Å². The van der Waals surface area contributed by atoms with Crippen molar-refractivity contribution in [3.63, 3.8) is 0 Å². The molecule has 0 radical (unpaired) electrons. The molecule has 2 aliphatic rings. The number of aliphatic imine (C=N–C) groups is 1. The average molecular weight is 404 g/mol. The molecule has 4 rings (SSSR count). The number of nitrogens with one attached hydrogen (secondary N) is 1. The van der Waals surface area contributed by atoms with Crippen LogP contribution in [0.4, 0.5) is 5.69 Å². The van der Waals surface area contributed by atoms with Gasteiger partial charge in [-0.05, 0) is 55.8 Å². The molecule has 2 aromatic rings. The molecule has 0 aliphatic carbocycles. The van der Waals surface area contributed by atoms with Crippen molar-refractivity contribution in [1.29, 1.82) is 0 Å². The summed E-state index contributed by atoms with van der Waals surface area (Å²) in [7, 11) is 0. The van der Waals surface area contributed by atoms with Crippen LogP contribution in [0.3, 0.4) is 0 Å². The fourth-order valence-electron chi connectivity index (χ4n) is 3.98. The van der Waals surface area contributed by atoms with Gasteiger partial charge in [0.25, 0.3) is 5.91 Å². The van der Waals surface area contributed by atoms with Crippen LogP contribution in [0.25, 0.3) is 5.70 Å². The normalized spacial score (nSPS) is 17.3. The summed E-state index contributed by atoms with van der Waals surface area (Å²) >= 11 is 0. The van der Waals surface area contributed by atoms with E-state index in [0.717, 1.165) is 36.6 Å². The lowest BCUT2D eigenvalue weighted by Crippen LogP contribution is -2.37. The SMILES string of the molecule is NC1=NC=C(c2ccc(C(=O)NCCN3CCCCC3)cc2)N(c2ccccc2)C1. The Morgan fingerprint density at radius 1 is 1.00 bits per heavy atom. The Morgan fingerprint density at radius 2 is 1.73 bits per heavy atom. The van der Waals surface area contributed by atoms with E-state index < -0.39 is 0 Å². The predicted molar refractivity (Wildman–Crippen MR) is 122 cm³/mol. The highest BCUT2D eigenvalue weighted by molar-refractivity contribution is 5.97. The smallest absolute Gasteiger partial charge is 0.251 e. The van der Waals surface area contributed by atoms with Crippen molar-refractivity contribution in [3.8, 4) is 0 Å². The molecule has 0 bridgehead atoms. The molecular weight excluding hydrogens is 374 g/mol. The molecule has 1 fully saturated rings. The van der Waals surface area contributed by atoms with Gasteiger partial charge in [-0.25, -0.2) is 4.99 Å². The number of hydrogen-bond donors (Lipinski definition) is 2. The Balaban J connectivity index is 1.41. The quantitative estimate of drug-likeness (QED) is 0.777. The highest BCUT2D eigenvalue weighted by Gasteiger charge is 2.19. The lowest BCUT2D eigenvalue weighted by molar-refractivity contribution is 0.0946. The van der Waals surface area contributed by atoms with Gasteiger partial charge >= 0.3 is 0 Å². The Hall–Kier alpha value is -3.12. The summed E-state index contributed by atoms with van der Waals surface area (Å²) in [5, 5.41) is 3.04. The van der Waals surface area contributed by atoms with Crippen molar-refractivity contribution >= 4 is 23.1 Å². The molecule has 6 heteroatoms. The van der Waals surface area contributed by atoms with Gasteiger partial charge in [0.2, 0.25) is 0 Å². The molecular formula is C24H29N5O. The molecule has 2 aliphatic heterocycles. The number of amidine groups is 1. The number of carbonyl (C=O) groups excluding carboxylic acids is 1. The summed E-state index contributed by atoms with van der Waals surface area (Å²) in [5.41, 5.74) is 9.67. The molecule has 6 nitrogen and oxygen atoms in total. The number of para-hydroxylation sites is 1. The van der Waals surface area contributed by atoms with Gasteiger partial charge < -0.3 is 20.9 Å². The second-order valence-electron chi connectivity index (χ2n) is 7.79. The summed E-state index contributed by atoms with van der Waals surface area (Å²) in [6.45, 7) is 4.42. The Bertz CT molecular complexity index is 914. The molecule has 0 spiro atoms. The van der Waals surface area contributed by atoms with Gasteiger partial charge in [-0.2, -0.15) is 0 Å². The van der Waals surface area contributed by atoms with Crippen LogP contribution in [0.2, 0.25) is 0 Å². The summed E-state index contributed by atoms with van der Waals surface area (Å²) in [4.78, 5) is 21.4. The monoisotopic (exact) mass is 403 g/mol. The van der Waals surface area contributed by atoms with Gasteiger partial charge in [0.05, 0.1) is 18.4 Å². The lowest BCUT2D eigenvalue weighted by atomic mass is 10.1. The number of benzene rings is 2. The van der Waals surface area contributed by atoms with E-state index in [1.165, 1.54) is 19.3 Å². The summed E-state index contributed by atoms with van der Waals surface area (Å²) < 4.78 is 0. The minimum Gasteiger partial charge on any atom is -0.386 e. The van der Waals surface area contributed by atoms with Crippen molar-refractivity contribution in [2.75, 3.05) is 37.6 Å². The van der Waals surface area contributed by atoms with Crippen molar-refractivity contribution < 1.29 is 4.79 Å². The number of rotatable bonds is 6. The number of amides is 1. The Morgan fingerprint density at radius 3 is 2.47 bits per heavy atom. The molecule has 156 valence electrons. The molecule has 2 aromatic carbocycles. The number of piperidine rings is 1. The zero-order chi connectivity index (χ0) is 20.8. The van der Waals surface area contributed by atoms with Crippen LogP contribution in [-0.2, 0) is 0 Å². The lowest BCUT2D eigenvalue weighted by Gasteiger charge is -2.29. The maximum atomic E-state index is 12.5. The van der Waals surface area contributed by atoms with Gasteiger partial charge in [-0.1, -0.05) is 36.8 Å². The number of carbonyl (C=O) groups is 1. The van der Waals surface area contributed by atoms with Crippen LogP contribution in [-0.4, -0.2) is 49.4 Å². The molecule has 1 saturated heterocycles. The number of hydrogen-bond acceptors (Lipinski definition) is 5. The topological polar surface area (TPSA) is 74.0 Å². The van der Waals surface area contributed by atoms with E-state index in [-0.39, 0.29) is 5.91 Å². The molecule has 0 aromatic heterocycles. The third-order valence-corrected chi connectivity index (χ3v) is 5.64. The second kappa shape index (κ2) is 9.59. The highest BCUT2D eigenvalue weighted by Crippen LogP contribution is 2.28. The zero-order valence-corrected chi connectivity index (χ0v) is 17.3. The molecule has 0 saturated carbocycles. The first kappa shape index (κ1) is 20.2. The number of nitrogens with zero attached hydrogens (tertiary/aromatic N) is 3. The van der Waals surface area contributed by atoms with E-state index >= 15 is 0 Å². The van der Waals surface area contributed by atoms with E-state index in [4.69, 9.17) is 5.73 Å². The first-order chi connectivity index (χ1) is 14.7. The number of anilines is 1. The molecule has 2 heterocycles. The minimum atomic E-state index is -0.0293. The fraction of sp³-hybridized carbons (Fsp3) is 0.333. The van der Waals surface area contributed by atoms with Gasteiger partial charge in [-0.3, -0.25) is 4.79 Å². The van der Waals surface area contributed by atoms with Gasteiger partial charge in [0.15, 0.2) is 0 Å². The molecule has 0 atom stereocenters. The standard InChI is InChI=1S/C24H29N5O/c25-23-18-29(21-7-3-1-4-8-21)22(17-27-23)19-9-11-20(12-10-19)24(30)26-13-16-28-14-5-2-6-15-28/h1,3-4,7-12,17H,2,5-6,13-16,18H2,(H2,25,27)(H,26,30). The fourth-order valence-corrected chi connectivity index (χ4v) is 3.98. The van der Waals surface area contributed by atoms with E-state index in [2.05, 4.69) is 32.2 Å². The van der Waals surface area contributed by atoms with Crippen molar-refractivity contribution in [3.05, 3.63) is 71.9 Å². The predicted octanol–water partition coefficient (Wildman–Crippen LogP) is 3.08. The number of likely N-dealkylation sites (tertiary alicyclic amines) is 1. The maximum Gasteiger partial charge on any atom is 0.251 e. The molecule has 1 amide bonds. The first-order valence-corrected chi connectivity index (χ1v) is 10.7. The van der Waals surface area contributed by atoms with Crippen molar-refractivity contribution in [2.24, 2.45) is 10.7 Å². The summed E-state index contributed by atoms with van der Waals surface area (Å²) in [6.07, 6.45) is 5.65.